The molecule has 0 amide bonds. The molecular formula is C26H20ClNO5. The summed E-state index contributed by atoms with van der Waals surface area (Å²) in [6.07, 6.45) is 0.541. The molecule has 0 aliphatic carbocycles. The Bertz CT molecular complexity index is 1370. The van der Waals surface area contributed by atoms with Crippen molar-refractivity contribution in [2.45, 2.75) is 13.3 Å². The number of carbonyl (C=O) groups is 3. The third-order valence-electron chi connectivity index (χ3n) is 5.43. The lowest BCUT2D eigenvalue weighted by Crippen LogP contribution is -2.15. The van der Waals surface area contributed by atoms with Crippen LogP contribution < -0.4 is 9.47 Å². The van der Waals surface area contributed by atoms with Crippen molar-refractivity contribution < 1.29 is 23.9 Å². The number of hydrogen-bond acceptors (Lipinski definition) is 5. The Hall–Kier alpha value is -3.90. The van der Waals surface area contributed by atoms with Crippen molar-refractivity contribution in [1.82, 2.24) is 4.57 Å². The molecule has 166 valence electrons. The van der Waals surface area contributed by atoms with E-state index in [0.717, 1.165) is 0 Å². The molecule has 0 spiro atoms. The molecule has 0 aliphatic rings. The minimum absolute atomic E-state index is 0.0937. The molecule has 3 aromatic carbocycles. The van der Waals surface area contributed by atoms with E-state index in [0.29, 0.717) is 44.8 Å². The number of ether oxygens (including phenoxy) is 2. The van der Waals surface area contributed by atoms with Crippen molar-refractivity contribution in [2.24, 2.45) is 0 Å². The van der Waals surface area contributed by atoms with Crippen LogP contribution in [0.2, 0.25) is 5.02 Å². The smallest absolute Gasteiger partial charge is 0.315 e. The highest BCUT2D eigenvalue weighted by atomic mass is 35.5. The van der Waals surface area contributed by atoms with Crippen molar-refractivity contribution in [3.05, 3.63) is 94.1 Å². The first-order valence-corrected chi connectivity index (χ1v) is 10.5. The third-order valence-corrected chi connectivity index (χ3v) is 5.68. The maximum Gasteiger partial charge on any atom is 0.315 e. The van der Waals surface area contributed by atoms with Crippen LogP contribution >= 0.6 is 11.6 Å². The van der Waals surface area contributed by atoms with E-state index in [4.69, 9.17) is 21.1 Å². The molecular weight excluding hydrogens is 442 g/mol. The number of rotatable bonds is 6. The average molecular weight is 462 g/mol. The second-order valence-electron chi connectivity index (χ2n) is 7.40. The largest absolute Gasteiger partial charge is 0.497 e. The van der Waals surface area contributed by atoms with Gasteiger partial charge in [0, 0.05) is 21.7 Å². The molecule has 0 saturated carbocycles. The van der Waals surface area contributed by atoms with E-state index in [9.17, 15) is 14.4 Å². The van der Waals surface area contributed by atoms with E-state index >= 15 is 0 Å². The molecule has 7 heteroatoms. The maximum atomic E-state index is 13.4. The monoisotopic (exact) mass is 461 g/mol. The van der Waals surface area contributed by atoms with Gasteiger partial charge >= 0.3 is 5.97 Å². The van der Waals surface area contributed by atoms with E-state index in [1.165, 1.54) is 0 Å². The number of fused-ring (bicyclic) bond motifs is 1. The molecule has 1 aromatic heterocycles. The van der Waals surface area contributed by atoms with E-state index in [-0.39, 0.29) is 23.6 Å². The van der Waals surface area contributed by atoms with E-state index in [1.54, 1.807) is 85.3 Å². The summed E-state index contributed by atoms with van der Waals surface area (Å²) in [4.78, 5) is 37.4. The van der Waals surface area contributed by atoms with Gasteiger partial charge in [-0.15, -0.1) is 0 Å². The summed E-state index contributed by atoms with van der Waals surface area (Å²) in [5.41, 5.74) is 2.64. The minimum atomic E-state index is -0.548. The Morgan fingerprint density at radius 2 is 1.76 bits per heavy atom. The Morgan fingerprint density at radius 3 is 2.45 bits per heavy atom. The lowest BCUT2D eigenvalue weighted by molar-refractivity contribution is -0.133. The number of halogens is 1. The van der Waals surface area contributed by atoms with Crippen LogP contribution in [0.4, 0.5) is 0 Å². The van der Waals surface area contributed by atoms with Crippen LogP contribution in [0.3, 0.4) is 0 Å². The first-order chi connectivity index (χ1) is 15.9. The summed E-state index contributed by atoms with van der Waals surface area (Å²) >= 11 is 5.97. The predicted octanol–water partition coefficient (Wildman–Crippen LogP) is 5.26. The van der Waals surface area contributed by atoms with Crippen LogP contribution in [0.5, 0.6) is 11.5 Å². The molecule has 4 rings (SSSR count). The summed E-state index contributed by atoms with van der Waals surface area (Å²) in [7, 11) is 1.55. The fourth-order valence-corrected chi connectivity index (χ4v) is 3.90. The number of hydrogen-bond donors (Lipinski definition) is 0. The van der Waals surface area contributed by atoms with Crippen molar-refractivity contribution in [2.75, 3.05) is 7.11 Å². The van der Waals surface area contributed by atoms with E-state index < -0.39 is 5.97 Å². The predicted molar refractivity (Wildman–Crippen MR) is 126 cm³/mol. The SMILES string of the molecule is COc1ccc2c(c1)c(CC(=O)Oc1ccccc1C=O)c(C)n2C(=O)c1ccc(Cl)cc1. The van der Waals surface area contributed by atoms with E-state index in [1.807, 2.05) is 0 Å². The summed E-state index contributed by atoms with van der Waals surface area (Å²) in [6.45, 7) is 1.78. The van der Waals surface area contributed by atoms with Gasteiger partial charge in [-0.2, -0.15) is 0 Å². The van der Waals surface area contributed by atoms with Crippen molar-refractivity contribution in [3.63, 3.8) is 0 Å². The van der Waals surface area contributed by atoms with Gasteiger partial charge in [-0.25, -0.2) is 0 Å². The Balaban J connectivity index is 1.76. The number of para-hydroxylation sites is 1. The summed E-state index contributed by atoms with van der Waals surface area (Å²) in [6, 6.07) is 18.5. The highest BCUT2D eigenvalue weighted by Gasteiger charge is 2.23. The quantitative estimate of drug-likeness (QED) is 0.222. The molecule has 0 radical (unpaired) electrons. The summed E-state index contributed by atoms with van der Waals surface area (Å²) < 4.78 is 12.4. The fourth-order valence-electron chi connectivity index (χ4n) is 3.77. The van der Waals surface area contributed by atoms with E-state index in [2.05, 4.69) is 0 Å². The van der Waals surface area contributed by atoms with Crippen LogP contribution in [0.1, 0.15) is 32.0 Å². The normalized spacial score (nSPS) is 10.8. The van der Waals surface area contributed by atoms with Gasteiger partial charge in [-0.1, -0.05) is 23.7 Å². The number of esters is 1. The molecule has 4 aromatic rings. The van der Waals surface area contributed by atoms with Crippen LogP contribution in [-0.2, 0) is 11.2 Å². The number of aromatic nitrogens is 1. The lowest BCUT2D eigenvalue weighted by atomic mass is 10.1. The molecule has 0 N–H and O–H groups in total. The first-order valence-electron chi connectivity index (χ1n) is 10.2. The van der Waals surface area contributed by atoms with Crippen molar-refractivity contribution in [3.8, 4) is 11.5 Å². The molecule has 0 atom stereocenters. The molecule has 0 saturated heterocycles. The van der Waals surface area contributed by atoms with Gasteiger partial charge in [0.05, 0.1) is 24.6 Å². The molecule has 33 heavy (non-hydrogen) atoms. The highest BCUT2D eigenvalue weighted by Crippen LogP contribution is 2.31. The molecule has 0 fully saturated rings. The summed E-state index contributed by atoms with van der Waals surface area (Å²) in [5, 5.41) is 1.24. The number of nitrogens with zero attached hydrogens (tertiary/aromatic N) is 1. The molecule has 1 heterocycles. The van der Waals surface area contributed by atoms with Crippen molar-refractivity contribution >= 4 is 40.7 Å². The van der Waals surface area contributed by atoms with Gasteiger partial charge in [0.25, 0.3) is 5.91 Å². The molecule has 0 bridgehead atoms. The Labute approximate surface area is 195 Å². The topological polar surface area (TPSA) is 74.6 Å². The van der Waals surface area contributed by atoms with Gasteiger partial charge in [0.1, 0.15) is 11.5 Å². The number of carbonyl (C=O) groups excluding carboxylic acids is 3. The number of benzene rings is 3. The van der Waals surface area contributed by atoms with Crippen LogP contribution in [-0.4, -0.2) is 29.8 Å². The highest BCUT2D eigenvalue weighted by molar-refractivity contribution is 6.30. The molecule has 0 aliphatic heterocycles. The maximum absolute atomic E-state index is 13.4. The zero-order valence-electron chi connectivity index (χ0n) is 18.0. The first kappa shape index (κ1) is 22.3. The number of aldehydes is 1. The standard InChI is InChI=1S/C26H20ClNO5/c1-16-21(14-25(30)33-24-6-4-3-5-18(24)15-29)22-13-20(32-2)11-12-23(22)28(16)26(31)17-7-9-19(27)10-8-17/h3-13,15H,14H2,1-2H3. The van der Waals surface area contributed by atoms with Gasteiger partial charge in [0.15, 0.2) is 6.29 Å². The third kappa shape index (κ3) is 4.38. The Morgan fingerprint density at radius 1 is 1.03 bits per heavy atom. The molecule has 6 nitrogen and oxygen atoms in total. The molecule has 0 unspecified atom stereocenters. The number of methoxy groups -OCH3 is 1. The van der Waals surface area contributed by atoms with Crippen LogP contribution in [0.25, 0.3) is 10.9 Å². The fraction of sp³-hybridized carbons (Fsp3) is 0.115. The van der Waals surface area contributed by atoms with Crippen molar-refractivity contribution in [1.29, 1.82) is 0 Å². The van der Waals surface area contributed by atoms with Crippen LogP contribution in [0.15, 0.2) is 66.7 Å². The van der Waals surface area contributed by atoms with Gasteiger partial charge in [-0.05, 0) is 67.1 Å². The average Bonchev–Trinajstić information content (AvgIpc) is 3.09. The van der Waals surface area contributed by atoms with Gasteiger partial charge in [0.2, 0.25) is 0 Å². The lowest BCUT2D eigenvalue weighted by Gasteiger charge is -2.09. The van der Waals surface area contributed by atoms with Gasteiger partial charge < -0.3 is 9.47 Å². The zero-order valence-corrected chi connectivity index (χ0v) is 18.8. The van der Waals surface area contributed by atoms with Gasteiger partial charge in [-0.3, -0.25) is 19.0 Å². The Kier molecular flexibility index (Phi) is 6.29. The zero-order chi connectivity index (χ0) is 23.5. The second kappa shape index (κ2) is 9.30. The second-order valence-corrected chi connectivity index (χ2v) is 7.84. The minimum Gasteiger partial charge on any atom is -0.497 e. The summed E-state index contributed by atoms with van der Waals surface area (Å²) in [5.74, 6) is -0.00770. The van der Waals surface area contributed by atoms with Crippen LogP contribution in [0, 0.1) is 6.92 Å².